The third kappa shape index (κ3) is 2.61. The Bertz CT molecular complexity index is 643. The van der Waals surface area contributed by atoms with E-state index in [1.54, 1.807) is 12.3 Å². The fourth-order valence-corrected chi connectivity index (χ4v) is 2.22. The monoisotopic (exact) mass is 271 g/mol. The molecule has 20 heavy (non-hydrogen) atoms. The third-order valence-corrected chi connectivity index (χ3v) is 3.27. The van der Waals surface area contributed by atoms with Gasteiger partial charge in [-0.05, 0) is 36.2 Å². The number of fused-ring (bicyclic) bond motifs is 1. The minimum absolute atomic E-state index is 0.0280. The first-order valence-corrected chi connectivity index (χ1v) is 6.48. The molecule has 102 valence electrons. The number of hydrogen-bond acceptors (Lipinski definition) is 3. The van der Waals surface area contributed by atoms with Crippen molar-refractivity contribution in [2.24, 2.45) is 0 Å². The summed E-state index contributed by atoms with van der Waals surface area (Å²) in [4.78, 5) is 15.5. The van der Waals surface area contributed by atoms with Crippen molar-refractivity contribution in [3.8, 4) is 0 Å². The molecule has 4 nitrogen and oxygen atoms in total. The molecule has 1 aromatic heterocycles. The van der Waals surface area contributed by atoms with Gasteiger partial charge in [-0.1, -0.05) is 6.07 Å². The molecule has 0 bridgehead atoms. The molecule has 3 rings (SSSR count). The summed E-state index contributed by atoms with van der Waals surface area (Å²) in [5.41, 5.74) is 2.72. The van der Waals surface area contributed by atoms with Gasteiger partial charge < -0.3 is 10.6 Å². The van der Waals surface area contributed by atoms with E-state index in [1.807, 2.05) is 18.2 Å². The summed E-state index contributed by atoms with van der Waals surface area (Å²) in [6.45, 7) is 0.435. The van der Waals surface area contributed by atoms with Crippen molar-refractivity contribution in [1.29, 1.82) is 0 Å². The summed E-state index contributed by atoms with van der Waals surface area (Å²) in [5, 5.41) is 5.77. The van der Waals surface area contributed by atoms with Crippen LogP contribution < -0.4 is 10.6 Å². The van der Waals surface area contributed by atoms with Crippen molar-refractivity contribution in [1.82, 2.24) is 4.98 Å². The third-order valence-electron chi connectivity index (χ3n) is 3.27. The number of aryl methyl sites for hydroxylation is 1. The number of hydrogen-bond donors (Lipinski definition) is 2. The number of nitrogens with zero attached hydrogens (tertiary/aromatic N) is 1. The summed E-state index contributed by atoms with van der Waals surface area (Å²) in [5.74, 6) is -0.337. The lowest BCUT2D eigenvalue weighted by atomic mass is 10.0. The van der Waals surface area contributed by atoms with Crippen LogP contribution in [0.3, 0.4) is 0 Å². The Kier molecular flexibility index (Phi) is 3.33. The van der Waals surface area contributed by atoms with Gasteiger partial charge in [-0.3, -0.25) is 9.78 Å². The molecule has 1 amide bonds. The van der Waals surface area contributed by atoms with Crippen LogP contribution in [0, 0.1) is 5.82 Å². The highest BCUT2D eigenvalue weighted by Gasteiger charge is 2.17. The lowest BCUT2D eigenvalue weighted by molar-refractivity contribution is -0.116. The van der Waals surface area contributed by atoms with Crippen molar-refractivity contribution in [3.05, 3.63) is 53.6 Å². The molecule has 1 aromatic carbocycles. The van der Waals surface area contributed by atoms with E-state index in [9.17, 15) is 9.18 Å². The maximum Gasteiger partial charge on any atom is 0.224 e. The highest BCUT2D eigenvalue weighted by molar-refractivity contribution is 5.94. The van der Waals surface area contributed by atoms with Gasteiger partial charge in [0.15, 0.2) is 0 Å². The Morgan fingerprint density at radius 2 is 2.20 bits per heavy atom. The predicted octanol–water partition coefficient (Wildman–Crippen LogP) is 2.72. The first-order chi connectivity index (χ1) is 9.72. The van der Waals surface area contributed by atoms with Crippen molar-refractivity contribution in [2.75, 3.05) is 10.6 Å². The average molecular weight is 271 g/mol. The zero-order valence-corrected chi connectivity index (χ0v) is 10.8. The van der Waals surface area contributed by atoms with Gasteiger partial charge in [-0.15, -0.1) is 0 Å². The standard InChI is InChI=1S/C15H14FN3O/c16-12-7-10-4-5-15(20)19-13(10)8-14(12)18-9-11-3-1-2-6-17-11/h1-3,6-8,18H,4-5,9H2,(H,19,20). The lowest BCUT2D eigenvalue weighted by Crippen LogP contribution is -2.19. The van der Waals surface area contributed by atoms with Crippen molar-refractivity contribution in [3.63, 3.8) is 0 Å². The molecule has 5 heteroatoms. The summed E-state index contributed by atoms with van der Waals surface area (Å²) < 4.78 is 14.0. The topological polar surface area (TPSA) is 54.0 Å². The van der Waals surface area contributed by atoms with Crippen LogP contribution in [0.4, 0.5) is 15.8 Å². The number of benzene rings is 1. The van der Waals surface area contributed by atoms with Crippen LogP contribution in [0.5, 0.6) is 0 Å². The molecule has 0 saturated carbocycles. The van der Waals surface area contributed by atoms with Gasteiger partial charge in [0.2, 0.25) is 5.91 Å². The normalized spacial score (nSPS) is 13.6. The molecule has 0 radical (unpaired) electrons. The van der Waals surface area contributed by atoms with E-state index in [0.29, 0.717) is 30.8 Å². The minimum atomic E-state index is -0.309. The van der Waals surface area contributed by atoms with Crippen LogP contribution in [-0.4, -0.2) is 10.9 Å². The average Bonchev–Trinajstić information content (AvgIpc) is 2.46. The number of carbonyl (C=O) groups excluding carboxylic acids is 1. The molecule has 0 aliphatic carbocycles. The molecular formula is C15H14FN3O. The summed E-state index contributed by atoms with van der Waals surface area (Å²) >= 11 is 0. The Hall–Kier alpha value is -2.43. The zero-order chi connectivity index (χ0) is 13.9. The van der Waals surface area contributed by atoms with E-state index >= 15 is 0 Å². The van der Waals surface area contributed by atoms with Gasteiger partial charge in [-0.25, -0.2) is 4.39 Å². The smallest absolute Gasteiger partial charge is 0.224 e. The van der Waals surface area contributed by atoms with Crippen LogP contribution >= 0.6 is 0 Å². The highest BCUT2D eigenvalue weighted by atomic mass is 19.1. The second kappa shape index (κ2) is 5.28. The number of carbonyl (C=O) groups is 1. The molecule has 2 N–H and O–H groups in total. The summed E-state index contributed by atoms with van der Waals surface area (Å²) in [6.07, 6.45) is 2.69. The molecule has 0 unspecified atom stereocenters. The van der Waals surface area contributed by atoms with Gasteiger partial charge in [0.25, 0.3) is 0 Å². The number of nitrogens with one attached hydrogen (secondary N) is 2. The first-order valence-electron chi connectivity index (χ1n) is 6.48. The van der Waals surface area contributed by atoms with Gasteiger partial charge in [0.05, 0.1) is 17.9 Å². The number of amides is 1. The second-order valence-corrected chi connectivity index (χ2v) is 4.71. The Balaban J connectivity index is 1.80. The fourth-order valence-electron chi connectivity index (χ4n) is 2.22. The van der Waals surface area contributed by atoms with Gasteiger partial charge >= 0.3 is 0 Å². The van der Waals surface area contributed by atoms with Gasteiger partial charge in [-0.2, -0.15) is 0 Å². The number of aromatic nitrogens is 1. The second-order valence-electron chi connectivity index (χ2n) is 4.71. The maximum atomic E-state index is 14.0. The Morgan fingerprint density at radius 1 is 1.30 bits per heavy atom. The lowest BCUT2D eigenvalue weighted by Gasteiger charge is -2.18. The van der Waals surface area contributed by atoms with E-state index in [4.69, 9.17) is 0 Å². The molecule has 1 aliphatic heterocycles. The maximum absolute atomic E-state index is 14.0. The molecule has 1 aliphatic rings. The molecule has 0 spiro atoms. The largest absolute Gasteiger partial charge is 0.377 e. The Labute approximate surface area is 116 Å². The molecule has 0 atom stereocenters. The molecule has 0 saturated heterocycles. The molecule has 2 aromatic rings. The van der Waals surface area contributed by atoms with Crippen molar-refractivity contribution >= 4 is 17.3 Å². The van der Waals surface area contributed by atoms with Crippen LogP contribution in [0.25, 0.3) is 0 Å². The Morgan fingerprint density at radius 3 is 3.00 bits per heavy atom. The SMILES string of the molecule is O=C1CCc2cc(F)c(NCc3ccccn3)cc2N1. The van der Waals surface area contributed by atoms with Crippen LogP contribution in [0.1, 0.15) is 17.7 Å². The zero-order valence-electron chi connectivity index (χ0n) is 10.8. The van der Waals surface area contributed by atoms with Crippen LogP contribution in [0.2, 0.25) is 0 Å². The molecular weight excluding hydrogens is 257 g/mol. The summed E-state index contributed by atoms with van der Waals surface area (Å²) in [7, 11) is 0. The number of anilines is 2. The predicted molar refractivity (Wildman–Crippen MR) is 74.9 cm³/mol. The van der Waals surface area contributed by atoms with Crippen molar-refractivity contribution < 1.29 is 9.18 Å². The molecule has 2 heterocycles. The first kappa shape index (κ1) is 12.6. The quantitative estimate of drug-likeness (QED) is 0.902. The van der Waals surface area contributed by atoms with E-state index in [2.05, 4.69) is 15.6 Å². The van der Waals surface area contributed by atoms with Crippen LogP contribution in [0.15, 0.2) is 36.5 Å². The summed E-state index contributed by atoms with van der Waals surface area (Å²) in [6, 6.07) is 8.71. The van der Waals surface area contributed by atoms with E-state index in [1.165, 1.54) is 6.07 Å². The van der Waals surface area contributed by atoms with Crippen molar-refractivity contribution in [2.45, 2.75) is 19.4 Å². The highest BCUT2D eigenvalue weighted by Crippen LogP contribution is 2.28. The number of pyridine rings is 1. The van der Waals surface area contributed by atoms with E-state index in [-0.39, 0.29) is 11.7 Å². The number of rotatable bonds is 3. The van der Waals surface area contributed by atoms with Crippen LogP contribution in [-0.2, 0) is 17.8 Å². The fraction of sp³-hybridized carbons (Fsp3) is 0.200. The van der Waals surface area contributed by atoms with E-state index in [0.717, 1.165) is 11.3 Å². The van der Waals surface area contributed by atoms with E-state index < -0.39 is 0 Å². The van der Waals surface area contributed by atoms with Gasteiger partial charge in [0, 0.05) is 18.3 Å². The molecule has 0 fully saturated rings. The minimum Gasteiger partial charge on any atom is -0.377 e. The van der Waals surface area contributed by atoms with Gasteiger partial charge in [0.1, 0.15) is 5.82 Å². The number of halogens is 1.